The number of aromatic nitrogens is 2. The number of amides is 1. The Morgan fingerprint density at radius 3 is 2.84 bits per heavy atom. The lowest BCUT2D eigenvalue weighted by Gasteiger charge is -2.34. The third-order valence-electron chi connectivity index (χ3n) is 5.61. The van der Waals surface area contributed by atoms with Gasteiger partial charge in [0, 0.05) is 42.4 Å². The molecule has 25 heavy (non-hydrogen) atoms. The van der Waals surface area contributed by atoms with Crippen molar-refractivity contribution in [3.8, 4) is 0 Å². The lowest BCUT2D eigenvalue weighted by atomic mass is 9.86. The quantitative estimate of drug-likeness (QED) is 0.928. The third kappa shape index (κ3) is 2.94. The molecule has 1 aromatic carbocycles. The van der Waals surface area contributed by atoms with E-state index in [0.717, 1.165) is 37.6 Å². The fourth-order valence-corrected chi connectivity index (χ4v) is 4.25. The summed E-state index contributed by atoms with van der Waals surface area (Å²) < 4.78 is 29.7. The second-order valence-corrected chi connectivity index (χ2v) is 7.17. The van der Waals surface area contributed by atoms with Gasteiger partial charge in [0.15, 0.2) is 0 Å². The molecule has 1 N–H and O–H groups in total. The standard InChI is InChI=1S/C19H21F2N3O/c20-14-3-4-16(17(21)10-14)19(6-1-2-7-19)23-18(25)13-5-8-24-12-22-11-15(24)9-13/h3-4,10-13H,1-2,5-9H2,(H,23,25). The maximum absolute atomic E-state index is 14.4. The van der Waals surface area contributed by atoms with Gasteiger partial charge in [-0.15, -0.1) is 0 Å². The summed E-state index contributed by atoms with van der Waals surface area (Å²) in [7, 11) is 0. The van der Waals surface area contributed by atoms with E-state index in [0.29, 0.717) is 24.8 Å². The van der Waals surface area contributed by atoms with E-state index >= 15 is 0 Å². The van der Waals surface area contributed by atoms with E-state index in [-0.39, 0.29) is 11.8 Å². The minimum Gasteiger partial charge on any atom is -0.346 e. The molecule has 0 spiro atoms. The zero-order valence-corrected chi connectivity index (χ0v) is 14.0. The van der Waals surface area contributed by atoms with Crippen molar-refractivity contribution in [3.05, 3.63) is 53.6 Å². The average Bonchev–Trinajstić information content (AvgIpc) is 3.23. The Bertz CT molecular complexity index is 796. The summed E-state index contributed by atoms with van der Waals surface area (Å²) in [4.78, 5) is 17.0. The van der Waals surface area contributed by atoms with E-state index in [4.69, 9.17) is 0 Å². The van der Waals surface area contributed by atoms with Crippen LogP contribution < -0.4 is 5.32 Å². The van der Waals surface area contributed by atoms with E-state index < -0.39 is 17.2 Å². The fraction of sp³-hybridized carbons (Fsp3) is 0.474. The number of rotatable bonds is 3. The molecule has 1 aromatic heterocycles. The van der Waals surface area contributed by atoms with Gasteiger partial charge in [0.1, 0.15) is 11.6 Å². The number of benzene rings is 1. The minimum absolute atomic E-state index is 0.0434. The lowest BCUT2D eigenvalue weighted by Crippen LogP contribution is -2.48. The van der Waals surface area contributed by atoms with Crippen LogP contribution in [0.4, 0.5) is 8.78 Å². The molecule has 2 aromatic rings. The van der Waals surface area contributed by atoms with Crippen LogP contribution in [0.3, 0.4) is 0 Å². The lowest BCUT2D eigenvalue weighted by molar-refractivity contribution is -0.127. The van der Waals surface area contributed by atoms with Crippen LogP contribution in [0.15, 0.2) is 30.7 Å². The Morgan fingerprint density at radius 1 is 1.28 bits per heavy atom. The van der Waals surface area contributed by atoms with E-state index in [1.54, 1.807) is 12.5 Å². The van der Waals surface area contributed by atoms with Crippen LogP contribution in [-0.2, 0) is 23.3 Å². The molecule has 1 amide bonds. The van der Waals surface area contributed by atoms with Gasteiger partial charge in [-0.25, -0.2) is 13.8 Å². The zero-order valence-electron chi connectivity index (χ0n) is 14.0. The molecule has 2 aliphatic rings. The fourth-order valence-electron chi connectivity index (χ4n) is 4.25. The number of aryl methyl sites for hydroxylation is 1. The molecular weight excluding hydrogens is 324 g/mol. The topological polar surface area (TPSA) is 46.9 Å². The van der Waals surface area contributed by atoms with Gasteiger partial charge in [-0.3, -0.25) is 4.79 Å². The van der Waals surface area contributed by atoms with Gasteiger partial charge in [0.25, 0.3) is 0 Å². The van der Waals surface area contributed by atoms with Crippen molar-refractivity contribution in [1.82, 2.24) is 14.9 Å². The molecule has 0 bridgehead atoms. The first kappa shape index (κ1) is 16.2. The van der Waals surface area contributed by atoms with Crippen LogP contribution >= 0.6 is 0 Å². The number of imidazole rings is 1. The number of hydrogen-bond donors (Lipinski definition) is 1. The van der Waals surface area contributed by atoms with Gasteiger partial charge in [-0.05, 0) is 25.3 Å². The first-order chi connectivity index (χ1) is 12.1. The maximum Gasteiger partial charge on any atom is 0.224 e. The highest BCUT2D eigenvalue weighted by molar-refractivity contribution is 5.80. The highest BCUT2D eigenvalue weighted by atomic mass is 19.1. The largest absolute Gasteiger partial charge is 0.346 e. The van der Waals surface area contributed by atoms with Crippen LogP contribution in [-0.4, -0.2) is 15.5 Å². The number of fused-ring (bicyclic) bond motifs is 1. The summed E-state index contributed by atoms with van der Waals surface area (Å²) in [6.45, 7) is 0.769. The van der Waals surface area contributed by atoms with Gasteiger partial charge in [0.05, 0.1) is 11.9 Å². The van der Waals surface area contributed by atoms with Gasteiger partial charge >= 0.3 is 0 Å². The summed E-state index contributed by atoms with van der Waals surface area (Å²) in [5.41, 5.74) is 0.743. The Labute approximate surface area is 145 Å². The van der Waals surface area contributed by atoms with E-state index in [2.05, 4.69) is 14.9 Å². The molecule has 1 aliphatic carbocycles. The summed E-state index contributed by atoms with van der Waals surface area (Å²) in [6.07, 6.45) is 8.20. The molecule has 2 heterocycles. The maximum atomic E-state index is 14.4. The van der Waals surface area contributed by atoms with E-state index in [9.17, 15) is 13.6 Å². The molecule has 1 fully saturated rings. The Hall–Kier alpha value is -2.24. The number of halogens is 2. The summed E-state index contributed by atoms with van der Waals surface area (Å²) in [5, 5.41) is 3.13. The van der Waals surface area contributed by atoms with E-state index in [1.807, 2.05) is 0 Å². The van der Waals surface area contributed by atoms with Crippen molar-refractivity contribution in [2.24, 2.45) is 5.92 Å². The van der Waals surface area contributed by atoms with Crippen molar-refractivity contribution >= 4 is 5.91 Å². The predicted octanol–water partition coefficient (Wildman–Crippen LogP) is 3.31. The second kappa shape index (κ2) is 6.24. The molecule has 4 rings (SSSR count). The van der Waals surface area contributed by atoms with Gasteiger partial charge in [0.2, 0.25) is 5.91 Å². The Kier molecular flexibility index (Phi) is 4.06. The van der Waals surface area contributed by atoms with Crippen LogP contribution in [0.25, 0.3) is 0 Å². The van der Waals surface area contributed by atoms with Crippen molar-refractivity contribution < 1.29 is 13.6 Å². The molecule has 1 unspecified atom stereocenters. The van der Waals surface area contributed by atoms with Crippen LogP contribution in [0.2, 0.25) is 0 Å². The second-order valence-electron chi connectivity index (χ2n) is 7.17. The molecule has 1 saturated carbocycles. The monoisotopic (exact) mass is 345 g/mol. The number of carbonyl (C=O) groups is 1. The molecule has 1 atom stereocenters. The van der Waals surface area contributed by atoms with Crippen molar-refractivity contribution in [2.75, 3.05) is 0 Å². The van der Waals surface area contributed by atoms with Crippen LogP contribution in [0.1, 0.15) is 43.4 Å². The summed E-state index contributed by atoms with van der Waals surface area (Å²) >= 11 is 0. The highest BCUT2D eigenvalue weighted by Crippen LogP contribution is 2.40. The van der Waals surface area contributed by atoms with Crippen LogP contribution in [0, 0.1) is 17.6 Å². The molecule has 0 radical (unpaired) electrons. The Morgan fingerprint density at radius 2 is 2.08 bits per heavy atom. The summed E-state index contributed by atoms with van der Waals surface area (Å²) in [6, 6.07) is 3.65. The normalized spacial score (nSPS) is 21.8. The highest BCUT2D eigenvalue weighted by Gasteiger charge is 2.40. The van der Waals surface area contributed by atoms with Gasteiger partial charge < -0.3 is 9.88 Å². The summed E-state index contributed by atoms with van der Waals surface area (Å²) in [5.74, 6) is -1.35. The Balaban J connectivity index is 1.57. The van der Waals surface area contributed by atoms with Crippen molar-refractivity contribution in [3.63, 3.8) is 0 Å². The molecule has 0 saturated heterocycles. The number of nitrogens with one attached hydrogen (secondary N) is 1. The molecule has 1 aliphatic heterocycles. The van der Waals surface area contributed by atoms with Crippen LogP contribution in [0.5, 0.6) is 0 Å². The number of carbonyl (C=O) groups excluding carboxylic acids is 1. The predicted molar refractivity (Wildman–Crippen MR) is 88.7 cm³/mol. The van der Waals surface area contributed by atoms with Gasteiger partial charge in [-0.1, -0.05) is 18.9 Å². The van der Waals surface area contributed by atoms with E-state index in [1.165, 1.54) is 12.1 Å². The molecular formula is C19H21F2N3O. The number of nitrogens with zero attached hydrogens (tertiary/aromatic N) is 2. The molecule has 132 valence electrons. The average molecular weight is 345 g/mol. The van der Waals surface area contributed by atoms with Gasteiger partial charge in [-0.2, -0.15) is 0 Å². The number of hydrogen-bond acceptors (Lipinski definition) is 2. The minimum atomic E-state index is -0.716. The van der Waals surface area contributed by atoms with Crippen molar-refractivity contribution in [2.45, 2.75) is 50.6 Å². The zero-order chi connectivity index (χ0) is 17.4. The first-order valence-corrected chi connectivity index (χ1v) is 8.84. The first-order valence-electron chi connectivity index (χ1n) is 8.84. The molecule has 4 nitrogen and oxygen atoms in total. The molecule has 6 heteroatoms. The smallest absolute Gasteiger partial charge is 0.224 e. The SMILES string of the molecule is O=C(NC1(c2ccc(F)cc2F)CCCC1)C1CCn2cncc2C1. The third-order valence-corrected chi connectivity index (χ3v) is 5.61. The van der Waals surface area contributed by atoms with Crippen molar-refractivity contribution in [1.29, 1.82) is 0 Å².